The lowest BCUT2D eigenvalue weighted by Gasteiger charge is -2.34. The molecule has 1 amide bonds. The first kappa shape index (κ1) is 29.8. The summed E-state index contributed by atoms with van der Waals surface area (Å²) in [6, 6.07) is 9.76. The monoisotopic (exact) mass is 595 g/mol. The number of aromatic nitrogens is 3. The van der Waals surface area contributed by atoms with Crippen molar-refractivity contribution < 1.29 is 27.1 Å². The fourth-order valence-electron chi connectivity index (χ4n) is 5.00. The average Bonchev–Trinajstić information content (AvgIpc) is 3.42. The Labute approximate surface area is 245 Å². The molecule has 0 aliphatic carbocycles. The number of piperazine rings is 1. The number of hydrogen-bond donors (Lipinski definition) is 2. The van der Waals surface area contributed by atoms with E-state index in [0.717, 1.165) is 56.5 Å². The van der Waals surface area contributed by atoms with Crippen molar-refractivity contribution in [1.29, 1.82) is 0 Å². The maximum Gasteiger partial charge on any atom is 0.340 e. The quantitative estimate of drug-likeness (QED) is 0.180. The molecule has 3 heterocycles. The Morgan fingerprint density at radius 1 is 1.09 bits per heavy atom. The lowest BCUT2D eigenvalue weighted by atomic mass is 10.1. The van der Waals surface area contributed by atoms with E-state index in [0.29, 0.717) is 22.8 Å². The number of nitrogens with one attached hydrogen (secondary N) is 1. The number of aromatic amines is 1. The molecule has 1 saturated heterocycles. The fraction of sp³-hybridized carbons (Fsp3) is 0.333. The predicted molar refractivity (Wildman–Crippen MR) is 154 cm³/mol. The molecule has 0 spiro atoms. The molecule has 224 valence electrons. The van der Waals surface area contributed by atoms with Crippen molar-refractivity contribution in [3.8, 4) is 16.9 Å². The number of nitrogens with two attached hydrogens (primary N) is 1. The Balaban J connectivity index is 1.16. The van der Waals surface area contributed by atoms with Gasteiger partial charge < -0.3 is 20.4 Å². The van der Waals surface area contributed by atoms with Crippen LogP contribution in [0.2, 0.25) is 0 Å². The molecule has 13 heteroatoms. The highest BCUT2D eigenvalue weighted by atomic mass is 19.3. The minimum absolute atomic E-state index is 0.208. The Morgan fingerprint density at radius 2 is 1.84 bits per heavy atom. The number of H-pyrrole nitrogens is 1. The average molecular weight is 596 g/mol. The summed E-state index contributed by atoms with van der Waals surface area (Å²) in [6.45, 7) is 9.76. The second kappa shape index (κ2) is 12.7. The Kier molecular flexibility index (Phi) is 8.77. The number of hydrogen-bond acceptors (Lipinski definition) is 6. The van der Waals surface area contributed by atoms with Gasteiger partial charge in [-0.3, -0.25) is 9.69 Å². The maximum absolute atomic E-state index is 13.4. The smallest absolute Gasteiger partial charge is 0.340 e. The zero-order chi connectivity index (χ0) is 30.6. The SMILES string of the molecule is [C-]#[N+]c1ccc2[nH]cc(CCCN3CCN(c4ncc(-c5ccc(C(N)=O)c(OCC(F)(F)C(F)F)c5)cn4)CC3)c2c1. The van der Waals surface area contributed by atoms with Crippen LogP contribution in [-0.2, 0) is 6.42 Å². The van der Waals surface area contributed by atoms with E-state index in [-0.39, 0.29) is 11.3 Å². The molecule has 0 atom stereocenters. The van der Waals surface area contributed by atoms with E-state index in [2.05, 4.69) is 29.6 Å². The van der Waals surface area contributed by atoms with Gasteiger partial charge in [-0.05, 0) is 60.2 Å². The van der Waals surface area contributed by atoms with Gasteiger partial charge in [0, 0.05) is 55.8 Å². The van der Waals surface area contributed by atoms with Crippen molar-refractivity contribution >= 4 is 28.4 Å². The Bertz CT molecular complexity index is 1630. The van der Waals surface area contributed by atoms with Gasteiger partial charge in [0.15, 0.2) is 12.3 Å². The van der Waals surface area contributed by atoms with Crippen LogP contribution in [0.25, 0.3) is 26.9 Å². The number of aryl methyl sites for hydroxylation is 1. The number of anilines is 1. The minimum Gasteiger partial charge on any atom is -0.486 e. The summed E-state index contributed by atoms with van der Waals surface area (Å²) in [7, 11) is 0. The molecule has 4 aromatic rings. The van der Waals surface area contributed by atoms with Crippen LogP contribution in [0.5, 0.6) is 5.75 Å². The topological polar surface area (TPSA) is 105 Å². The third kappa shape index (κ3) is 6.86. The first-order valence-electron chi connectivity index (χ1n) is 13.6. The molecule has 5 rings (SSSR count). The summed E-state index contributed by atoms with van der Waals surface area (Å²) in [4.78, 5) is 31.9. The summed E-state index contributed by atoms with van der Waals surface area (Å²) in [6.07, 6.45) is 3.12. The second-order valence-electron chi connectivity index (χ2n) is 10.3. The molecule has 43 heavy (non-hydrogen) atoms. The van der Waals surface area contributed by atoms with Crippen molar-refractivity contribution in [3.63, 3.8) is 0 Å². The number of fused-ring (bicyclic) bond motifs is 1. The van der Waals surface area contributed by atoms with Gasteiger partial charge in [-0.25, -0.2) is 23.6 Å². The number of benzene rings is 2. The van der Waals surface area contributed by atoms with Crippen LogP contribution in [0.15, 0.2) is 55.0 Å². The van der Waals surface area contributed by atoms with Crippen LogP contribution >= 0.6 is 0 Å². The lowest BCUT2D eigenvalue weighted by molar-refractivity contribution is -0.148. The third-order valence-electron chi connectivity index (χ3n) is 7.41. The van der Waals surface area contributed by atoms with Gasteiger partial charge in [-0.15, -0.1) is 0 Å². The van der Waals surface area contributed by atoms with E-state index < -0.39 is 24.9 Å². The number of carbonyl (C=O) groups is 1. The molecule has 1 aliphatic rings. The van der Waals surface area contributed by atoms with Gasteiger partial charge in [-0.2, -0.15) is 8.78 Å². The van der Waals surface area contributed by atoms with Gasteiger partial charge >= 0.3 is 12.3 Å². The molecule has 0 radical (unpaired) electrons. The first-order valence-corrected chi connectivity index (χ1v) is 13.6. The highest BCUT2D eigenvalue weighted by Crippen LogP contribution is 2.30. The molecule has 1 aliphatic heterocycles. The zero-order valence-corrected chi connectivity index (χ0v) is 23.1. The van der Waals surface area contributed by atoms with Gasteiger partial charge in [0.25, 0.3) is 5.91 Å². The highest BCUT2D eigenvalue weighted by Gasteiger charge is 2.42. The van der Waals surface area contributed by atoms with Gasteiger partial charge in [0.1, 0.15) is 5.75 Å². The number of carbonyl (C=O) groups excluding carboxylic acids is 1. The molecule has 9 nitrogen and oxygen atoms in total. The number of amides is 1. The van der Waals surface area contributed by atoms with Crippen molar-refractivity contribution in [2.75, 3.05) is 44.2 Å². The van der Waals surface area contributed by atoms with Crippen molar-refractivity contribution in [2.24, 2.45) is 5.73 Å². The van der Waals surface area contributed by atoms with E-state index in [9.17, 15) is 22.4 Å². The van der Waals surface area contributed by atoms with Gasteiger partial charge in [0.05, 0.1) is 12.1 Å². The minimum atomic E-state index is -4.39. The Hall–Kier alpha value is -4.70. The molecule has 0 bridgehead atoms. The summed E-state index contributed by atoms with van der Waals surface area (Å²) >= 11 is 0. The van der Waals surface area contributed by atoms with Crippen LogP contribution in [-0.4, -0.2) is 77.4 Å². The standard InChI is InChI=1S/C30H29F4N7O2/c1-36-22-5-7-25-24(14-22)20(15-37-25)3-2-8-40-9-11-41(12-10-40)29-38-16-21(17-39-29)19-4-6-23(27(35)42)26(13-19)43-18-30(33,34)28(31)32/h4-7,13-17,28,37H,2-3,8-12,18H2,(H2,35,42). The van der Waals surface area contributed by atoms with E-state index in [1.54, 1.807) is 12.4 Å². The maximum atomic E-state index is 13.4. The van der Waals surface area contributed by atoms with Crippen molar-refractivity contribution in [1.82, 2.24) is 19.9 Å². The number of halogens is 4. The van der Waals surface area contributed by atoms with Crippen LogP contribution in [0, 0.1) is 6.57 Å². The number of rotatable bonds is 11. The lowest BCUT2D eigenvalue weighted by Crippen LogP contribution is -2.47. The molecule has 0 saturated carbocycles. The van der Waals surface area contributed by atoms with E-state index >= 15 is 0 Å². The molecule has 2 aromatic heterocycles. The van der Waals surface area contributed by atoms with Crippen LogP contribution in [0.1, 0.15) is 22.3 Å². The van der Waals surface area contributed by atoms with Crippen LogP contribution in [0.4, 0.5) is 29.2 Å². The number of alkyl halides is 4. The number of nitrogens with zero attached hydrogens (tertiary/aromatic N) is 5. The van der Waals surface area contributed by atoms with Crippen LogP contribution < -0.4 is 15.4 Å². The van der Waals surface area contributed by atoms with E-state index in [1.165, 1.54) is 23.8 Å². The van der Waals surface area contributed by atoms with Crippen molar-refractivity contribution in [3.05, 3.63) is 77.5 Å². The van der Waals surface area contributed by atoms with Gasteiger partial charge in [-0.1, -0.05) is 12.1 Å². The molecular formula is C30H29F4N7O2. The summed E-state index contributed by atoms with van der Waals surface area (Å²) in [5, 5.41) is 1.10. The van der Waals surface area contributed by atoms with Crippen molar-refractivity contribution in [2.45, 2.75) is 25.2 Å². The van der Waals surface area contributed by atoms with Crippen LogP contribution in [0.3, 0.4) is 0 Å². The summed E-state index contributed by atoms with van der Waals surface area (Å²) in [5.41, 5.74) is 8.93. The second-order valence-corrected chi connectivity index (χ2v) is 10.3. The molecule has 2 aromatic carbocycles. The third-order valence-corrected chi connectivity index (χ3v) is 7.41. The molecule has 0 unspecified atom stereocenters. The Morgan fingerprint density at radius 3 is 2.51 bits per heavy atom. The fourth-order valence-corrected chi connectivity index (χ4v) is 5.00. The highest BCUT2D eigenvalue weighted by molar-refractivity contribution is 5.96. The van der Waals surface area contributed by atoms with Gasteiger partial charge in [0.2, 0.25) is 5.95 Å². The largest absolute Gasteiger partial charge is 0.486 e. The van der Waals surface area contributed by atoms with E-state index in [4.69, 9.17) is 17.0 Å². The predicted octanol–water partition coefficient (Wildman–Crippen LogP) is 5.31. The zero-order valence-electron chi connectivity index (χ0n) is 23.1. The summed E-state index contributed by atoms with van der Waals surface area (Å²) < 4.78 is 56.8. The normalized spacial score (nSPS) is 14.3. The molecular weight excluding hydrogens is 566 g/mol. The van der Waals surface area contributed by atoms with E-state index in [1.807, 2.05) is 24.4 Å². The number of primary amides is 1. The molecule has 1 fully saturated rings. The summed E-state index contributed by atoms with van der Waals surface area (Å²) in [5.74, 6) is -5.12. The molecule has 3 N–H and O–H groups in total. The first-order chi connectivity index (χ1) is 20.6. The number of ether oxygens (including phenoxy) is 1.